The number of benzene rings is 6. The summed E-state index contributed by atoms with van der Waals surface area (Å²) in [5, 5.41) is 0. The monoisotopic (exact) mass is 1320 g/mol. The van der Waals surface area contributed by atoms with Gasteiger partial charge in [0.05, 0.1) is 11.1 Å². The molecule has 0 aliphatic carbocycles. The minimum Gasteiger partial charge on any atom is -0.207 e. The van der Waals surface area contributed by atoms with E-state index in [9.17, 15) is 26.3 Å². The Hall–Kier alpha value is -10.2. The summed E-state index contributed by atoms with van der Waals surface area (Å²) in [6.45, 7) is 27.8. The Balaban J connectivity index is 0.000000166. The first kappa shape index (κ1) is 75.2. The van der Waals surface area contributed by atoms with E-state index in [0.29, 0.717) is 22.4 Å². The predicted molar refractivity (Wildman–Crippen MR) is 384 cm³/mol. The molecule has 0 fully saturated rings. The summed E-state index contributed by atoms with van der Waals surface area (Å²) in [4.78, 5) is 0. The lowest BCUT2D eigenvalue weighted by molar-refractivity contribution is -0.667. The van der Waals surface area contributed by atoms with E-state index in [1.54, 1.807) is 67.2 Å². The fraction of sp³-hybridized carbons (Fsp3) is 0.233. The molecule has 0 saturated heterocycles. The number of pyridine rings is 6. The number of rotatable bonds is 6. The molecular formula is C86H94F6N6+6. The van der Waals surface area contributed by atoms with Gasteiger partial charge in [0.15, 0.2) is 42.5 Å². The third-order valence-corrected chi connectivity index (χ3v) is 17.5. The third-order valence-electron chi connectivity index (χ3n) is 17.5. The first-order valence-corrected chi connectivity index (χ1v) is 32.7. The molecule has 12 aromatic rings. The number of nitrogens with zero attached hydrogens (tertiary/aromatic N) is 6. The lowest BCUT2D eigenvalue weighted by atomic mass is 9.99. The van der Waals surface area contributed by atoms with Crippen LogP contribution in [0.25, 0.3) is 67.5 Å². The summed E-state index contributed by atoms with van der Waals surface area (Å²) in [5.74, 6) is -1.04. The molecule has 0 aliphatic heterocycles. The molecule has 0 N–H and O–H groups in total. The zero-order chi connectivity index (χ0) is 72.0. The molecule has 0 atom stereocenters. The lowest BCUT2D eigenvalue weighted by Gasteiger charge is -2.08. The highest BCUT2D eigenvalue weighted by atomic mass is 19.1. The van der Waals surface area contributed by atoms with E-state index in [1.807, 2.05) is 179 Å². The topological polar surface area (TPSA) is 23.3 Å². The molecule has 12 heteroatoms. The molecule has 6 nitrogen and oxygen atoms in total. The zero-order valence-electron chi connectivity index (χ0n) is 60.6. The first-order valence-electron chi connectivity index (χ1n) is 32.7. The summed E-state index contributed by atoms with van der Waals surface area (Å²) in [6.07, 6.45) is 8.99. The maximum absolute atomic E-state index is 13.7. The third kappa shape index (κ3) is 19.1. The molecule has 0 radical (unpaired) electrons. The Bertz CT molecular complexity index is 4820. The van der Waals surface area contributed by atoms with Crippen LogP contribution < -0.4 is 27.4 Å². The number of hydrogen-bond donors (Lipinski definition) is 0. The quantitative estimate of drug-likeness (QED) is 0.117. The Morgan fingerprint density at radius 2 is 0.622 bits per heavy atom. The molecule has 6 aromatic heterocycles. The number of halogens is 6. The van der Waals surface area contributed by atoms with E-state index < -0.39 is 0 Å². The van der Waals surface area contributed by atoms with Crippen LogP contribution in [0.2, 0.25) is 0 Å². The van der Waals surface area contributed by atoms with Crippen LogP contribution in [0.1, 0.15) is 78.0 Å². The van der Waals surface area contributed by atoms with Crippen molar-refractivity contribution in [1.82, 2.24) is 0 Å². The highest BCUT2D eigenvalue weighted by Crippen LogP contribution is 2.29. The van der Waals surface area contributed by atoms with Crippen molar-refractivity contribution in [2.75, 3.05) is 0 Å². The average Bonchev–Trinajstić information content (AvgIpc) is 0.793. The molecule has 0 amide bonds. The van der Waals surface area contributed by atoms with E-state index in [0.717, 1.165) is 78.7 Å². The second-order valence-electron chi connectivity index (χ2n) is 25.7. The van der Waals surface area contributed by atoms with E-state index in [2.05, 4.69) is 109 Å². The van der Waals surface area contributed by atoms with Gasteiger partial charge < -0.3 is 0 Å². The van der Waals surface area contributed by atoms with Crippen molar-refractivity contribution in [3.63, 3.8) is 0 Å². The Morgan fingerprint density at radius 3 is 1.07 bits per heavy atom. The smallest absolute Gasteiger partial charge is 0.207 e. The molecule has 0 spiro atoms. The number of aryl methyl sites for hydroxylation is 18. The van der Waals surface area contributed by atoms with Gasteiger partial charge in [-0.1, -0.05) is 107 Å². The molecule has 6 heterocycles. The van der Waals surface area contributed by atoms with Gasteiger partial charge >= 0.3 is 0 Å². The highest BCUT2D eigenvalue weighted by molar-refractivity contribution is 5.67. The van der Waals surface area contributed by atoms with Gasteiger partial charge in [-0.3, -0.25) is 0 Å². The van der Waals surface area contributed by atoms with Gasteiger partial charge in [0.1, 0.15) is 71.4 Å². The summed E-state index contributed by atoms with van der Waals surface area (Å²) in [7, 11) is 11.6. The van der Waals surface area contributed by atoms with Crippen molar-refractivity contribution in [3.05, 3.63) is 320 Å². The largest absolute Gasteiger partial charge is 0.248 e. The van der Waals surface area contributed by atoms with Gasteiger partial charge in [0.25, 0.3) is 0 Å². The zero-order valence-corrected chi connectivity index (χ0v) is 60.6. The summed E-state index contributed by atoms with van der Waals surface area (Å²) < 4.78 is 92.9. The molecule has 0 bridgehead atoms. The standard InChI is InChI=1S/3C15H17FN.2C14H15FN.C13H13FN/c1-10-5-6-13(11(2)7-10)15-8-14(16)12(3)9-17(15)4;1-10-5-6-14(11(2)7-10)15-9-13(16)8-12(3)17(15)4;1-10-5-6-13(11(2)9-10)15-12(3)14(16)7-8-17(15)4;1-10-4-5-13(11(2)8-10)14-9-12(15)6-7-16(14)3;1-10-6-4-5-7-12(10)14-8-13(15)11(2)9-16(14)3;1-10-6-3-4-7-11(10)13-12(14)8-5-9-15(13)2/h3*5-9H,1-4H3;2*4-9H,1-3H3;3-9H,1-2H3/q6*+1. The van der Waals surface area contributed by atoms with E-state index >= 15 is 0 Å². The van der Waals surface area contributed by atoms with Crippen molar-refractivity contribution in [1.29, 1.82) is 0 Å². The Morgan fingerprint density at radius 1 is 0.245 bits per heavy atom. The predicted octanol–water partition coefficient (Wildman–Crippen LogP) is 18.2. The molecule has 0 unspecified atom stereocenters. The van der Waals surface area contributed by atoms with E-state index in [1.165, 1.54) is 62.7 Å². The Kier molecular flexibility index (Phi) is 25.8. The molecule has 0 saturated carbocycles. The second kappa shape index (κ2) is 33.7. The van der Waals surface area contributed by atoms with Gasteiger partial charge in [0, 0.05) is 94.4 Å². The van der Waals surface area contributed by atoms with Gasteiger partial charge in [-0.25, -0.2) is 40.2 Å². The van der Waals surface area contributed by atoms with Crippen LogP contribution in [0.3, 0.4) is 0 Å². The van der Waals surface area contributed by atoms with Crippen LogP contribution in [0.4, 0.5) is 26.3 Å². The van der Waals surface area contributed by atoms with Crippen LogP contribution in [0.15, 0.2) is 207 Å². The second-order valence-corrected chi connectivity index (χ2v) is 25.7. The van der Waals surface area contributed by atoms with Crippen LogP contribution >= 0.6 is 0 Å². The van der Waals surface area contributed by atoms with Crippen LogP contribution in [-0.4, -0.2) is 0 Å². The van der Waals surface area contributed by atoms with E-state index in [4.69, 9.17) is 0 Å². The van der Waals surface area contributed by atoms with Gasteiger partial charge in [0.2, 0.25) is 34.2 Å². The average molecular weight is 1330 g/mol. The van der Waals surface area contributed by atoms with Crippen molar-refractivity contribution in [2.24, 2.45) is 42.3 Å². The van der Waals surface area contributed by atoms with Crippen molar-refractivity contribution >= 4 is 0 Å². The first-order chi connectivity index (χ1) is 46.3. The van der Waals surface area contributed by atoms with Crippen LogP contribution in [-0.2, 0) is 42.3 Å². The highest BCUT2D eigenvalue weighted by Gasteiger charge is 2.22. The maximum atomic E-state index is 13.7. The summed E-state index contributed by atoms with van der Waals surface area (Å²) in [6, 6.07) is 54.8. The molecule has 0 aliphatic rings. The Labute approximate surface area is 577 Å². The van der Waals surface area contributed by atoms with Gasteiger partial charge in [-0.2, -0.15) is 13.5 Å². The normalized spacial score (nSPS) is 10.6. The molecule has 98 heavy (non-hydrogen) atoms. The number of hydrogen-bond acceptors (Lipinski definition) is 0. The molecule has 504 valence electrons. The minimum absolute atomic E-state index is 0.155. The van der Waals surface area contributed by atoms with Crippen molar-refractivity contribution < 1.29 is 53.7 Å². The molecule has 12 rings (SSSR count). The van der Waals surface area contributed by atoms with Crippen LogP contribution in [0.5, 0.6) is 0 Å². The summed E-state index contributed by atoms with van der Waals surface area (Å²) >= 11 is 0. The summed E-state index contributed by atoms with van der Waals surface area (Å²) in [5.41, 5.74) is 26.3. The van der Waals surface area contributed by atoms with Gasteiger partial charge in [-0.05, 0) is 166 Å². The lowest BCUT2D eigenvalue weighted by Crippen LogP contribution is -2.35. The number of aromatic nitrogens is 6. The van der Waals surface area contributed by atoms with Crippen molar-refractivity contribution in [2.45, 2.75) is 96.9 Å². The van der Waals surface area contributed by atoms with Crippen molar-refractivity contribution in [3.8, 4) is 67.5 Å². The van der Waals surface area contributed by atoms with Gasteiger partial charge in [-0.15, -0.1) is 0 Å². The minimum atomic E-state index is -0.201. The van der Waals surface area contributed by atoms with E-state index in [-0.39, 0.29) is 34.9 Å². The molecule has 6 aromatic carbocycles. The fourth-order valence-corrected chi connectivity index (χ4v) is 12.0. The maximum Gasteiger partial charge on any atom is 0.248 e. The SMILES string of the molecule is Cc1c[n+](C)c(-c2ccccc2C)cc1F.Cc1ccc(-c2c(C)c(F)cc[n+]2C)c(C)c1.Cc1ccc(-c2cc(F)c(C)c[n+]2C)c(C)c1.Cc1ccc(-c2cc(F)cc(C)[n+]2C)c(C)c1.Cc1ccc(-c2cc(F)cc[n+]2C)c(C)c1.Cc1ccccc1-c1c(F)ccc[n+]1C. The molecular weight excluding hydrogens is 1230 g/mol. The fourth-order valence-electron chi connectivity index (χ4n) is 12.0. The van der Waals surface area contributed by atoms with Crippen LogP contribution in [0, 0.1) is 132 Å².